The fraction of sp³-hybridized carbons (Fsp3) is 0.294. The number of ether oxygens (including phenoxy) is 2. The molecule has 0 bridgehead atoms. The van der Waals surface area contributed by atoms with E-state index in [-0.39, 0.29) is 34.6 Å². The highest BCUT2D eigenvalue weighted by Gasteiger charge is 2.20. The monoisotopic (exact) mass is 459 g/mol. The van der Waals surface area contributed by atoms with Crippen molar-refractivity contribution in [1.82, 2.24) is 4.72 Å². The minimum absolute atomic E-state index is 0.0161. The summed E-state index contributed by atoms with van der Waals surface area (Å²) in [5, 5.41) is 0. The molecule has 0 amide bonds. The molecule has 1 aromatic heterocycles. The summed E-state index contributed by atoms with van der Waals surface area (Å²) in [5.41, 5.74) is 0.0429. The van der Waals surface area contributed by atoms with Crippen LogP contribution >= 0.6 is 15.9 Å². The van der Waals surface area contributed by atoms with Crippen LogP contribution in [0.2, 0.25) is 0 Å². The van der Waals surface area contributed by atoms with Crippen LogP contribution in [0.1, 0.15) is 40.5 Å². The predicted octanol–water partition coefficient (Wildman–Crippen LogP) is 2.87. The lowest BCUT2D eigenvalue weighted by Crippen LogP contribution is -2.30. The zero-order valence-corrected chi connectivity index (χ0v) is 17.2. The predicted molar refractivity (Wildman–Crippen MR) is 98.8 cm³/mol. The van der Waals surface area contributed by atoms with E-state index in [2.05, 4.69) is 25.4 Å². The fourth-order valence-corrected chi connectivity index (χ4v) is 3.77. The summed E-state index contributed by atoms with van der Waals surface area (Å²) in [5.74, 6) is -1.17. The van der Waals surface area contributed by atoms with Crippen molar-refractivity contribution < 1.29 is 31.9 Å². The molecule has 0 spiro atoms. The topological polar surface area (TPSA) is 112 Å². The highest BCUT2D eigenvalue weighted by Crippen LogP contribution is 2.23. The first kappa shape index (κ1) is 21.1. The zero-order chi connectivity index (χ0) is 20.2. The molecule has 1 heterocycles. The molecule has 0 saturated heterocycles. The molecular weight excluding hydrogens is 442 g/mol. The van der Waals surface area contributed by atoms with Gasteiger partial charge in [0.25, 0.3) is 0 Å². The van der Waals surface area contributed by atoms with E-state index in [1.165, 1.54) is 37.4 Å². The molecule has 27 heavy (non-hydrogen) atoms. The van der Waals surface area contributed by atoms with Gasteiger partial charge in [-0.1, -0.05) is 0 Å². The molecule has 1 N–H and O–H groups in total. The number of methoxy groups -OCH3 is 1. The lowest BCUT2D eigenvalue weighted by molar-refractivity contribution is 0.0437. The lowest BCUT2D eigenvalue weighted by Gasteiger charge is -2.11. The Kier molecular flexibility index (Phi) is 6.79. The number of carbonyl (C=O) groups is 2. The Morgan fingerprint density at radius 3 is 2.52 bits per heavy atom. The van der Waals surface area contributed by atoms with E-state index in [1.807, 2.05) is 0 Å². The number of carbonyl (C=O) groups excluding carboxylic acids is 2. The quantitative estimate of drug-likeness (QED) is 0.633. The van der Waals surface area contributed by atoms with Crippen LogP contribution < -0.4 is 4.72 Å². The number of benzene rings is 1. The van der Waals surface area contributed by atoms with E-state index in [0.29, 0.717) is 4.47 Å². The first-order valence-electron chi connectivity index (χ1n) is 7.80. The molecule has 0 aliphatic carbocycles. The lowest BCUT2D eigenvalue weighted by atomic mass is 10.2. The number of halogens is 1. The molecule has 1 aromatic carbocycles. The molecule has 0 saturated carbocycles. The largest absolute Gasteiger partial charge is 0.463 e. The maximum atomic E-state index is 12.3. The van der Waals surface area contributed by atoms with Crippen molar-refractivity contribution in [2.75, 3.05) is 7.11 Å². The third-order valence-corrected chi connectivity index (χ3v) is 5.60. The minimum atomic E-state index is -3.76. The second kappa shape index (κ2) is 8.68. The molecule has 0 radical (unpaired) electrons. The number of hydrogen-bond acceptors (Lipinski definition) is 7. The van der Waals surface area contributed by atoms with Gasteiger partial charge >= 0.3 is 11.9 Å². The van der Waals surface area contributed by atoms with Gasteiger partial charge in [-0.15, -0.1) is 0 Å². The first-order valence-corrected chi connectivity index (χ1v) is 10.1. The number of esters is 2. The normalized spacial score (nSPS) is 11.4. The smallest absolute Gasteiger partial charge is 0.373 e. The van der Waals surface area contributed by atoms with Crippen LogP contribution in [0.3, 0.4) is 0 Å². The zero-order valence-electron chi connectivity index (χ0n) is 14.8. The van der Waals surface area contributed by atoms with Gasteiger partial charge in [0, 0.05) is 10.5 Å². The van der Waals surface area contributed by atoms with Gasteiger partial charge < -0.3 is 13.9 Å². The summed E-state index contributed by atoms with van der Waals surface area (Å²) in [7, 11) is -2.54. The number of nitrogens with one attached hydrogen (secondary N) is 1. The summed E-state index contributed by atoms with van der Waals surface area (Å²) in [4.78, 5) is 23.6. The summed E-state index contributed by atoms with van der Waals surface area (Å²) >= 11 is 3.21. The molecule has 10 heteroatoms. The van der Waals surface area contributed by atoms with Gasteiger partial charge in [-0.25, -0.2) is 22.7 Å². The average Bonchev–Trinajstić information content (AvgIpc) is 3.07. The van der Waals surface area contributed by atoms with E-state index in [4.69, 9.17) is 9.15 Å². The van der Waals surface area contributed by atoms with Crippen LogP contribution in [-0.4, -0.2) is 33.5 Å². The molecule has 0 aliphatic heterocycles. The SMILES string of the molecule is COC(=O)c1ccc(COC(=O)c2cc(S(=O)(=O)NC(C)C)ccc2Br)o1. The molecule has 0 atom stereocenters. The number of furan rings is 1. The molecule has 8 nitrogen and oxygen atoms in total. The van der Waals surface area contributed by atoms with Crippen LogP contribution in [0.15, 0.2) is 44.1 Å². The van der Waals surface area contributed by atoms with Gasteiger partial charge in [-0.05, 0) is 60.1 Å². The van der Waals surface area contributed by atoms with Gasteiger partial charge in [0.15, 0.2) is 0 Å². The maximum Gasteiger partial charge on any atom is 0.373 e. The van der Waals surface area contributed by atoms with E-state index < -0.39 is 22.0 Å². The molecule has 0 aliphatic rings. The third kappa shape index (κ3) is 5.41. The molecule has 0 unspecified atom stereocenters. The number of sulfonamides is 1. The standard InChI is InChI=1S/C17H18BrNO7S/c1-10(2)19-27(22,23)12-5-6-14(18)13(8-12)16(20)25-9-11-4-7-15(26-11)17(21)24-3/h4-8,10,19H,9H2,1-3H3. The third-order valence-electron chi connectivity index (χ3n) is 3.25. The second-order valence-electron chi connectivity index (χ2n) is 5.75. The summed E-state index contributed by atoms with van der Waals surface area (Å²) in [6.45, 7) is 3.15. The van der Waals surface area contributed by atoms with Crippen LogP contribution in [0, 0.1) is 0 Å². The Balaban J connectivity index is 2.15. The molecule has 146 valence electrons. The Hall–Kier alpha value is -2.17. The second-order valence-corrected chi connectivity index (χ2v) is 8.32. The Bertz CT molecular complexity index is 950. The van der Waals surface area contributed by atoms with E-state index in [9.17, 15) is 18.0 Å². The van der Waals surface area contributed by atoms with Gasteiger partial charge in [-0.2, -0.15) is 0 Å². The van der Waals surface area contributed by atoms with E-state index in [1.54, 1.807) is 13.8 Å². The first-order chi connectivity index (χ1) is 12.6. The van der Waals surface area contributed by atoms with Crippen LogP contribution in [0.4, 0.5) is 0 Å². The van der Waals surface area contributed by atoms with Gasteiger partial charge in [0.05, 0.1) is 17.6 Å². The van der Waals surface area contributed by atoms with Crippen LogP contribution in [0.5, 0.6) is 0 Å². The van der Waals surface area contributed by atoms with Crippen molar-refractivity contribution in [3.8, 4) is 0 Å². The summed E-state index contributed by atoms with van der Waals surface area (Å²) in [6, 6.07) is 6.63. The molecule has 0 fully saturated rings. The van der Waals surface area contributed by atoms with Gasteiger partial charge in [0.2, 0.25) is 15.8 Å². The fourth-order valence-electron chi connectivity index (χ4n) is 2.09. The Morgan fingerprint density at radius 2 is 1.89 bits per heavy atom. The van der Waals surface area contributed by atoms with Crippen molar-refractivity contribution in [2.45, 2.75) is 31.4 Å². The van der Waals surface area contributed by atoms with E-state index >= 15 is 0 Å². The van der Waals surface area contributed by atoms with Gasteiger partial charge in [-0.3, -0.25) is 0 Å². The van der Waals surface area contributed by atoms with E-state index in [0.717, 1.165) is 0 Å². The van der Waals surface area contributed by atoms with Gasteiger partial charge in [0.1, 0.15) is 12.4 Å². The summed E-state index contributed by atoms with van der Waals surface area (Å²) < 4.78 is 42.2. The average molecular weight is 460 g/mol. The number of rotatable bonds is 7. The van der Waals surface area contributed by atoms with Crippen molar-refractivity contribution >= 4 is 37.9 Å². The van der Waals surface area contributed by atoms with Crippen molar-refractivity contribution in [3.05, 3.63) is 51.9 Å². The maximum absolute atomic E-state index is 12.3. The molecule has 2 rings (SSSR count). The minimum Gasteiger partial charge on any atom is -0.463 e. The Morgan fingerprint density at radius 1 is 1.19 bits per heavy atom. The summed E-state index contributed by atoms with van der Waals surface area (Å²) in [6.07, 6.45) is 0. The molecular formula is C17H18BrNO7S. The Labute approximate surface area is 165 Å². The molecule has 2 aromatic rings. The van der Waals surface area contributed by atoms with Crippen LogP contribution in [-0.2, 0) is 26.1 Å². The highest BCUT2D eigenvalue weighted by molar-refractivity contribution is 9.10. The van der Waals surface area contributed by atoms with Crippen molar-refractivity contribution in [1.29, 1.82) is 0 Å². The van der Waals surface area contributed by atoms with Crippen LogP contribution in [0.25, 0.3) is 0 Å². The number of hydrogen-bond donors (Lipinski definition) is 1. The van der Waals surface area contributed by atoms with Crippen molar-refractivity contribution in [3.63, 3.8) is 0 Å². The van der Waals surface area contributed by atoms with Crippen molar-refractivity contribution in [2.24, 2.45) is 0 Å². The highest BCUT2D eigenvalue weighted by atomic mass is 79.9.